The third-order valence-electron chi connectivity index (χ3n) is 7.20. The zero-order valence-electron chi connectivity index (χ0n) is 22.8. The predicted molar refractivity (Wildman–Crippen MR) is 148 cm³/mol. The highest BCUT2D eigenvalue weighted by atomic mass is 16.5. The van der Waals surface area contributed by atoms with Crippen LogP contribution in [0.2, 0.25) is 0 Å². The summed E-state index contributed by atoms with van der Waals surface area (Å²) in [7, 11) is 3.28. The Morgan fingerprint density at radius 1 is 1.06 bits per heavy atom. The smallest absolute Gasteiger partial charge is 0.221 e. The summed E-state index contributed by atoms with van der Waals surface area (Å²) in [6.07, 6.45) is 5.41. The Morgan fingerprint density at radius 3 is 2.47 bits per heavy atom. The molecule has 2 N–H and O–H groups in total. The molecular formula is C30H43N3O3. The van der Waals surface area contributed by atoms with Crippen LogP contribution >= 0.6 is 0 Å². The lowest BCUT2D eigenvalue weighted by atomic mass is 9.87. The van der Waals surface area contributed by atoms with E-state index < -0.39 is 0 Å². The molecule has 1 aromatic heterocycles. The molecule has 36 heavy (non-hydrogen) atoms. The van der Waals surface area contributed by atoms with Crippen LogP contribution in [0.15, 0.2) is 42.6 Å². The zero-order valence-corrected chi connectivity index (χ0v) is 22.8. The van der Waals surface area contributed by atoms with E-state index in [1.165, 1.54) is 5.56 Å². The van der Waals surface area contributed by atoms with Crippen molar-refractivity contribution >= 4 is 16.8 Å². The molecule has 3 rings (SSSR count). The van der Waals surface area contributed by atoms with Gasteiger partial charge in [-0.15, -0.1) is 0 Å². The number of rotatable bonds is 14. The minimum Gasteiger partial charge on any atom is -0.493 e. The van der Waals surface area contributed by atoms with Crippen LogP contribution in [-0.2, 0) is 11.2 Å². The van der Waals surface area contributed by atoms with E-state index in [-0.39, 0.29) is 17.9 Å². The number of methoxy groups -OCH3 is 2. The molecule has 0 unspecified atom stereocenters. The quantitative estimate of drug-likeness (QED) is 0.294. The van der Waals surface area contributed by atoms with Gasteiger partial charge in [0.05, 0.1) is 14.2 Å². The average molecular weight is 494 g/mol. The number of amides is 1. The molecule has 0 saturated carbocycles. The summed E-state index contributed by atoms with van der Waals surface area (Å²) in [4.78, 5) is 19.2. The Labute approximate surface area is 216 Å². The third kappa shape index (κ3) is 6.61. The second-order valence-electron chi connectivity index (χ2n) is 9.45. The highest BCUT2D eigenvalue weighted by molar-refractivity contribution is 5.88. The van der Waals surface area contributed by atoms with Crippen LogP contribution in [-0.4, -0.2) is 55.7 Å². The first-order chi connectivity index (χ1) is 17.4. The lowest BCUT2D eigenvalue weighted by Crippen LogP contribution is -2.34. The number of aromatic amines is 1. The second-order valence-corrected chi connectivity index (χ2v) is 9.45. The highest BCUT2D eigenvalue weighted by Crippen LogP contribution is 2.38. The van der Waals surface area contributed by atoms with Crippen LogP contribution in [0.25, 0.3) is 10.9 Å². The largest absolute Gasteiger partial charge is 0.493 e. The normalized spacial score (nSPS) is 13.1. The van der Waals surface area contributed by atoms with Crippen molar-refractivity contribution in [2.75, 3.05) is 33.9 Å². The molecule has 1 heterocycles. The van der Waals surface area contributed by atoms with Gasteiger partial charge in [0.2, 0.25) is 5.91 Å². The minimum absolute atomic E-state index is 0.0612. The fourth-order valence-corrected chi connectivity index (χ4v) is 5.05. The Kier molecular flexibility index (Phi) is 10.2. The van der Waals surface area contributed by atoms with Crippen LogP contribution in [0.4, 0.5) is 0 Å². The van der Waals surface area contributed by atoms with Gasteiger partial charge in [0, 0.05) is 35.5 Å². The van der Waals surface area contributed by atoms with Crippen LogP contribution in [0.3, 0.4) is 0 Å². The van der Waals surface area contributed by atoms with Crippen LogP contribution in [0, 0.1) is 0 Å². The topological polar surface area (TPSA) is 66.6 Å². The van der Waals surface area contributed by atoms with E-state index >= 15 is 0 Å². The first kappa shape index (κ1) is 27.6. The lowest BCUT2D eigenvalue weighted by molar-refractivity contribution is -0.121. The molecule has 0 aliphatic heterocycles. The van der Waals surface area contributed by atoms with Gasteiger partial charge in [-0.2, -0.15) is 0 Å². The summed E-state index contributed by atoms with van der Waals surface area (Å²) in [5, 5.41) is 4.41. The van der Waals surface area contributed by atoms with Gasteiger partial charge in [0.25, 0.3) is 0 Å². The fourth-order valence-electron chi connectivity index (χ4n) is 5.05. The zero-order chi connectivity index (χ0) is 26.1. The number of carbonyl (C=O) groups excluding carboxylic acids is 1. The predicted octanol–water partition coefficient (Wildman–Crippen LogP) is 5.90. The number of aromatic nitrogens is 1. The van der Waals surface area contributed by atoms with Gasteiger partial charge in [-0.1, -0.05) is 45.0 Å². The molecule has 6 nitrogen and oxygen atoms in total. The van der Waals surface area contributed by atoms with Gasteiger partial charge in [-0.05, 0) is 74.6 Å². The molecule has 0 radical (unpaired) electrons. The van der Waals surface area contributed by atoms with Crippen molar-refractivity contribution in [2.45, 2.75) is 65.3 Å². The van der Waals surface area contributed by atoms with E-state index in [1.54, 1.807) is 14.2 Å². The van der Waals surface area contributed by atoms with Crippen molar-refractivity contribution < 1.29 is 14.3 Å². The lowest BCUT2D eigenvalue weighted by Gasteiger charge is -2.22. The Balaban J connectivity index is 1.85. The minimum atomic E-state index is -0.117. The Hall–Kier alpha value is -2.99. The molecular weight excluding hydrogens is 450 g/mol. The number of H-pyrrole nitrogens is 1. The SMILES string of the molecule is CCc1cccc2c([C@H](CC(=O)N[C@H](C)CCCN(CC)CC)c3ccc(OC)c(OC)c3)c[nH]c12. The van der Waals surface area contributed by atoms with Gasteiger partial charge in [0.1, 0.15) is 0 Å². The molecule has 2 atom stereocenters. The molecule has 0 aliphatic rings. The van der Waals surface area contributed by atoms with Gasteiger partial charge >= 0.3 is 0 Å². The summed E-state index contributed by atoms with van der Waals surface area (Å²) < 4.78 is 11.0. The number of hydrogen-bond acceptors (Lipinski definition) is 4. The summed E-state index contributed by atoms with van der Waals surface area (Å²) in [6.45, 7) is 11.8. The molecule has 6 heteroatoms. The maximum Gasteiger partial charge on any atom is 0.221 e. The molecule has 0 spiro atoms. The first-order valence-electron chi connectivity index (χ1n) is 13.3. The number of fused-ring (bicyclic) bond motifs is 1. The maximum atomic E-state index is 13.3. The molecule has 0 fully saturated rings. The molecule has 0 saturated heterocycles. The monoisotopic (exact) mass is 493 g/mol. The van der Waals surface area contributed by atoms with Crippen LogP contribution < -0.4 is 14.8 Å². The van der Waals surface area contributed by atoms with Crippen LogP contribution in [0.1, 0.15) is 69.6 Å². The maximum absolute atomic E-state index is 13.3. The number of aryl methyl sites for hydroxylation is 1. The van der Waals surface area contributed by atoms with Gasteiger partial charge < -0.3 is 24.7 Å². The number of benzene rings is 2. The standard InChI is InChI=1S/C30H43N3O3/c1-7-22-13-10-14-24-26(20-31-30(22)24)25(23-15-16-27(35-5)28(18-23)36-6)19-29(34)32-21(4)12-11-17-33(8-2)9-3/h10,13-16,18,20-21,25,31H,7-9,11-12,17,19H2,1-6H3,(H,32,34)/t21-,25-/m1/s1. The van der Waals surface area contributed by atoms with Gasteiger partial charge in [-0.3, -0.25) is 4.79 Å². The Bertz CT molecular complexity index is 1120. The molecule has 0 aliphatic carbocycles. The fraction of sp³-hybridized carbons (Fsp3) is 0.500. The number of nitrogens with one attached hydrogen (secondary N) is 2. The summed E-state index contributed by atoms with van der Waals surface area (Å²) in [5.41, 5.74) is 4.57. The first-order valence-corrected chi connectivity index (χ1v) is 13.3. The number of nitrogens with zero attached hydrogens (tertiary/aromatic N) is 1. The number of carbonyl (C=O) groups is 1. The summed E-state index contributed by atoms with van der Waals surface area (Å²) in [5.74, 6) is 1.29. The van der Waals surface area contributed by atoms with Crippen molar-refractivity contribution in [2.24, 2.45) is 0 Å². The van der Waals surface area contributed by atoms with Crippen molar-refractivity contribution in [1.29, 1.82) is 0 Å². The van der Waals surface area contributed by atoms with E-state index in [0.717, 1.165) is 60.9 Å². The van der Waals surface area contributed by atoms with Gasteiger partial charge in [-0.25, -0.2) is 0 Å². The number of para-hydroxylation sites is 1. The summed E-state index contributed by atoms with van der Waals surface area (Å²) in [6, 6.07) is 12.5. The number of hydrogen-bond donors (Lipinski definition) is 2. The van der Waals surface area contributed by atoms with Crippen molar-refractivity contribution in [1.82, 2.24) is 15.2 Å². The molecule has 196 valence electrons. The van der Waals surface area contributed by atoms with Crippen molar-refractivity contribution in [3.8, 4) is 11.5 Å². The van der Waals surface area contributed by atoms with E-state index in [9.17, 15) is 4.79 Å². The van der Waals surface area contributed by atoms with Crippen molar-refractivity contribution in [3.05, 3.63) is 59.3 Å². The summed E-state index contributed by atoms with van der Waals surface area (Å²) >= 11 is 0. The molecule has 3 aromatic rings. The Morgan fingerprint density at radius 2 is 1.81 bits per heavy atom. The van der Waals surface area contributed by atoms with E-state index in [0.29, 0.717) is 17.9 Å². The highest BCUT2D eigenvalue weighted by Gasteiger charge is 2.24. The van der Waals surface area contributed by atoms with Crippen LogP contribution in [0.5, 0.6) is 11.5 Å². The molecule has 0 bridgehead atoms. The average Bonchev–Trinajstić information content (AvgIpc) is 3.33. The van der Waals surface area contributed by atoms with E-state index in [1.807, 2.05) is 18.2 Å². The van der Waals surface area contributed by atoms with Crippen molar-refractivity contribution in [3.63, 3.8) is 0 Å². The van der Waals surface area contributed by atoms with E-state index in [4.69, 9.17) is 9.47 Å². The van der Waals surface area contributed by atoms with Gasteiger partial charge in [0.15, 0.2) is 11.5 Å². The molecule has 2 aromatic carbocycles. The second kappa shape index (κ2) is 13.4. The molecule has 1 amide bonds. The number of ether oxygens (including phenoxy) is 2. The van der Waals surface area contributed by atoms with E-state index in [2.05, 4.69) is 67.3 Å². The third-order valence-corrected chi connectivity index (χ3v) is 7.20.